The van der Waals surface area contributed by atoms with Crippen molar-refractivity contribution in [3.8, 4) is 5.75 Å². The minimum atomic E-state index is 0.0214. The minimum Gasteiger partial charge on any atom is -0.496 e. The summed E-state index contributed by atoms with van der Waals surface area (Å²) < 4.78 is 6.51. The molecule has 7 heteroatoms. The number of rotatable bonds is 5. The van der Waals surface area contributed by atoms with Gasteiger partial charge in [0.25, 0.3) is 0 Å². The fraction of sp³-hybridized carbons (Fsp3) is 0.368. The Labute approximate surface area is 166 Å². The monoisotopic (exact) mass is 434 g/mol. The number of thiophene rings is 1. The first kappa shape index (κ1) is 19.1. The van der Waals surface area contributed by atoms with E-state index in [9.17, 15) is 0 Å². The van der Waals surface area contributed by atoms with Crippen LogP contribution in [0.25, 0.3) is 10.2 Å². The molecule has 2 N–H and O–H groups in total. The van der Waals surface area contributed by atoms with Crippen molar-refractivity contribution in [2.45, 2.75) is 33.4 Å². The van der Waals surface area contributed by atoms with Crippen molar-refractivity contribution in [1.29, 1.82) is 0 Å². The lowest BCUT2D eigenvalue weighted by Crippen LogP contribution is -2.24. The number of hydrogen-bond donors (Lipinski definition) is 1. The van der Waals surface area contributed by atoms with Gasteiger partial charge in [-0.2, -0.15) is 0 Å². The summed E-state index contributed by atoms with van der Waals surface area (Å²) in [4.78, 5) is 13.8. The van der Waals surface area contributed by atoms with Gasteiger partial charge in [-0.05, 0) is 51.6 Å². The second-order valence-electron chi connectivity index (χ2n) is 6.48. The number of fused-ring (bicyclic) bond motifs is 1. The van der Waals surface area contributed by atoms with Crippen LogP contribution in [0.15, 0.2) is 22.7 Å². The number of anilines is 1. The zero-order valence-corrected chi connectivity index (χ0v) is 18.0. The van der Waals surface area contributed by atoms with E-state index in [0.717, 1.165) is 31.8 Å². The van der Waals surface area contributed by atoms with Gasteiger partial charge < -0.3 is 10.5 Å². The second kappa shape index (κ2) is 7.50. The zero-order chi connectivity index (χ0) is 19.0. The Morgan fingerprint density at radius 3 is 2.73 bits per heavy atom. The van der Waals surface area contributed by atoms with Crippen LogP contribution >= 0.6 is 27.3 Å². The van der Waals surface area contributed by atoms with E-state index in [1.165, 1.54) is 10.4 Å². The van der Waals surface area contributed by atoms with E-state index < -0.39 is 0 Å². The summed E-state index contributed by atoms with van der Waals surface area (Å²) in [6, 6.07) is 6.04. The number of nitrogen functional groups attached to an aromatic ring is 1. The average Bonchev–Trinajstić information content (AvgIpc) is 2.89. The van der Waals surface area contributed by atoms with Crippen molar-refractivity contribution in [2.24, 2.45) is 0 Å². The Morgan fingerprint density at radius 1 is 1.31 bits per heavy atom. The van der Waals surface area contributed by atoms with Crippen LogP contribution in [-0.4, -0.2) is 29.0 Å². The third-order valence-electron chi connectivity index (χ3n) is 4.77. The largest absolute Gasteiger partial charge is 0.496 e. The molecule has 0 aliphatic heterocycles. The van der Waals surface area contributed by atoms with Gasteiger partial charge in [0.15, 0.2) is 0 Å². The molecule has 0 fully saturated rings. The van der Waals surface area contributed by atoms with Crippen molar-refractivity contribution in [3.05, 3.63) is 44.5 Å². The van der Waals surface area contributed by atoms with Crippen molar-refractivity contribution in [2.75, 3.05) is 19.9 Å². The fourth-order valence-electron chi connectivity index (χ4n) is 2.96. The zero-order valence-electron chi connectivity index (χ0n) is 15.6. The SMILES string of the molecule is COc1ccc(Br)cc1CN(C)C(C)c1nc(N)c2c(C)c(C)sc2n1. The molecule has 26 heavy (non-hydrogen) atoms. The molecule has 138 valence electrons. The Morgan fingerprint density at radius 2 is 2.04 bits per heavy atom. The molecule has 0 spiro atoms. The number of aromatic nitrogens is 2. The summed E-state index contributed by atoms with van der Waals surface area (Å²) in [6.45, 7) is 6.98. The number of halogens is 1. The maximum Gasteiger partial charge on any atom is 0.149 e. The molecule has 0 saturated heterocycles. The number of nitrogens with zero attached hydrogens (tertiary/aromatic N) is 3. The summed E-state index contributed by atoms with van der Waals surface area (Å²) in [6.07, 6.45) is 0. The number of hydrogen-bond acceptors (Lipinski definition) is 6. The number of methoxy groups -OCH3 is 1. The van der Waals surface area contributed by atoms with E-state index >= 15 is 0 Å². The van der Waals surface area contributed by atoms with Crippen molar-refractivity contribution >= 4 is 43.3 Å². The summed E-state index contributed by atoms with van der Waals surface area (Å²) in [5.74, 6) is 2.17. The third kappa shape index (κ3) is 3.56. The molecule has 1 unspecified atom stereocenters. The Bertz CT molecular complexity index is 956. The Balaban J connectivity index is 1.90. The normalized spacial score (nSPS) is 12.7. The highest BCUT2D eigenvalue weighted by Gasteiger charge is 2.20. The van der Waals surface area contributed by atoms with Gasteiger partial charge in [0.1, 0.15) is 22.2 Å². The highest BCUT2D eigenvalue weighted by Crippen LogP contribution is 2.33. The van der Waals surface area contributed by atoms with Gasteiger partial charge in [0, 0.05) is 21.5 Å². The lowest BCUT2D eigenvalue weighted by Gasteiger charge is -2.24. The van der Waals surface area contributed by atoms with E-state index in [-0.39, 0.29) is 6.04 Å². The molecule has 1 aromatic carbocycles. The molecular weight excluding hydrogens is 412 g/mol. The van der Waals surface area contributed by atoms with Gasteiger partial charge >= 0.3 is 0 Å². The van der Waals surface area contributed by atoms with E-state index in [1.54, 1.807) is 18.4 Å². The minimum absolute atomic E-state index is 0.0214. The topological polar surface area (TPSA) is 64.3 Å². The molecule has 0 radical (unpaired) electrons. The van der Waals surface area contributed by atoms with Crippen LogP contribution in [0.3, 0.4) is 0 Å². The van der Waals surface area contributed by atoms with Crippen LogP contribution in [0, 0.1) is 13.8 Å². The van der Waals surface area contributed by atoms with E-state index in [0.29, 0.717) is 12.4 Å². The van der Waals surface area contributed by atoms with Gasteiger partial charge in [-0.15, -0.1) is 11.3 Å². The Hall–Kier alpha value is -1.70. The van der Waals surface area contributed by atoms with Crippen molar-refractivity contribution < 1.29 is 4.74 Å². The van der Waals surface area contributed by atoms with Crippen molar-refractivity contribution in [3.63, 3.8) is 0 Å². The highest BCUT2D eigenvalue weighted by molar-refractivity contribution is 9.10. The summed E-state index contributed by atoms with van der Waals surface area (Å²) in [7, 11) is 3.75. The first-order chi connectivity index (χ1) is 12.3. The molecule has 3 rings (SSSR count). The van der Waals surface area contributed by atoms with E-state index in [4.69, 9.17) is 15.5 Å². The quantitative estimate of drug-likeness (QED) is 0.621. The molecule has 0 aliphatic carbocycles. The molecule has 2 heterocycles. The van der Waals surface area contributed by atoms with Gasteiger partial charge in [-0.1, -0.05) is 15.9 Å². The maximum absolute atomic E-state index is 6.24. The predicted octanol–water partition coefficient (Wildman–Crippen LogP) is 4.85. The van der Waals surface area contributed by atoms with Gasteiger partial charge in [0.05, 0.1) is 18.5 Å². The van der Waals surface area contributed by atoms with E-state index in [1.807, 2.05) is 12.1 Å². The fourth-order valence-corrected chi connectivity index (χ4v) is 4.41. The summed E-state index contributed by atoms with van der Waals surface area (Å²) >= 11 is 5.20. The second-order valence-corrected chi connectivity index (χ2v) is 8.60. The van der Waals surface area contributed by atoms with Crippen LogP contribution in [0.2, 0.25) is 0 Å². The summed E-state index contributed by atoms with van der Waals surface area (Å²) in [5.41, 5.74) is 8.52. The molecule has 0 amide bonds. The molecule has 5 nitrogen and oxygen atoms in total. The first-order valence-electron chi connectivity index (χ1n) is 8.37. The van der Waals surface area contributed by atoms with E-state index in [2.05, 4.69) is 59.7 Å². The molecule has 1 atom stereocenters. The van der Waals surface area contributed by atoms with Gasteiger partial charge in [-0.3, -0.25) is 4.90 Å². The molecule has 0 bridgehead atoms. The molecular formula is C19H23BrN4OS. The molecule has 2 aromatic heterocycles. The number of ether oxygens (including phenoxy) is 1. The number of nitrogens with two attached hydrogens (primary N) is 1. The molecule has 0 aliphatic rings. The smallest absolute Gasteiger partial charge is 0.149 e. The van der Waals surface area contributed by atoms with Crippen LogP contribution in [-0.2, 0) is 6.54 Å². The van der Waals surface area contributed by atoms with Crippen LogP contribution in [0.1, 0.15) is 34.8 Å². The molecule has 0 saturated carbocycles. The number of aryl methyl sites for hydroxylation is 2. The highest BCUT2D eigenvalue weighted by atomic mass is 79.9. The number of benzene rings is 1. The Kier molecular flexibility index (Phi) is 5.50. The standard InChI is InChI=1S/C19H23BrN4OS/c1-10-12(3)26-19-16(10)17(21)22-18(23-19)11(2)24(4)9-13-8-14(20)6-7-15(13)25-5/h6-8,11H,9H2,1-5H3,(H2,21,22,23). The van der Waals surface area contributed by atoms with Crippen LogP contribution in [0.4, 0.5) is 5.82 Å². The predicted molar refractivity (Wildman–Crippen MR) is 112 cm³/mol. The lowest BCUT2D eigenvalue weighted by molar-refractivity contribution is 0.240. The first-order valence-corrected chi connectivity index (χ1v) is 9.98. The molecule has 3 aromatic rings. The summed E-state index contributed by atoms with van der Waals surface area (Å²) in [5, 5.41) is 0.986. The van der Waals surface area contributed by atoms with Gasteiger partial charge in [0.2, 0.25) is 0 Å². The average molecular weight is 435 g/mol. The van der Waals surface area contributed by atoms with Gasteiger partial charge in [-0.25, -0.2) is 9.97 Å². The van der Waals surface area contributed by atoms with Crippen molar-refractivity contribution in [1.82, 2.24) is 14.9 Å². The van der Waals surface area contributed by atoms with Crippen LogP contribution < -0.4 is 10.5 Å². The maximum atomic E-state index is 6.24. The third-order valence-corrected chi connectivity index (χ3v) is 6.37. The lowest BCUT2D eigenvalue weighted by atomic mass is 10.1. The van der Waals surface area contributed by atoms with Crippen LogP contribution in [0.5, 0.6) is 5.75 Å².